The van der Waals surface area contributed by atoms with Crippen LogP contribution in [0.5, 0.6) is 0 Å². The van der Waals surface area contributed by atoms with Crippen LogP contribution < -0.4 is 5.32 Å². The SMILES string of the molecule is CCCC(O)CNC(=O)C(C)C. The fourth-order valence-electron chi connectivity index (χ4n) is 0.858. The maximum atomic E-state index is 11.0. The second-order valence-electron chi connectivity index (χ2n) is 3.34. The number of hydrogen-bond acceptors (Lipinski definition) is 2. The molecule has 0 aliphatic heterocycles. The number of rotatable bonds is 5. The number of amides is 1. The van der Waals surface area contributed by atoms with Crippen LogP contribution in [0.2, 0.25) is 0 Å². The van der Waals surface area contributed by atoms with Crippen molar-refractivity contribution in [1.29, 1.82) is 0 Å². The minimum Gasteiger partial charge on any atom is -0.391 e. The first-order valence-corrected chi connectivity index (χ1v) is 4.53. The van der Waals surface area contributed by atoms with E-state index in [0.717, 1.165) is 12.8 Å². The van der Waals surface area contributed by atoms with Gasteiger partial charge >= 0.3 is 0 Å². The molecule has 1 unspecified atom stereocenters. The highest BCUT2D eigenvalue weighted by Gasteiger charge is 2.08. The Kier molecular flexibility index (Phi) is 5.72. The Bertz CT molecular complexity index is 134. The van der Waals surface area contributed by atoms with Crippen molar-refractivity contribution in [3.8, 4) is 0 Å². The normalized spacial score (nSPS) is 13.1. The first kappa shape index (κ1) is 11.4. The number of aliphatic hydroxyl groups excluding tert-OH is 1. The van der Waals surface area contributed by atoms with Gasteiger partial charge in [-0.25, -0.2) is 0 Å². The average molecular weight is 173 g/mol. The molecule has 3 heteroatoms. The molecule has 72 valence electrons. The van der Waals surface area contributed by atoms with Crippen LogP contribution in [-0.4, -0.2) is 23.7 Å². The van der Waals surface area contributed by atoms with Crippen molar-refractivity contribution in [1.82, 2.24) is 5.32 Å². The van der Waals surface area contributed by atoms with E-state index < -0.39 is 6.10 Å². The molecule has 0 rings (SSSR count). The molecule has 0 aromatic heterocycles. The van der Waals surface area contributed by atoms with Crippen molar-refractivity contribution in [2.75, 3.05) is 6.54 Å². The molecule has 0 radical (unpaired) electrons. The standard InChI is InChI=1S/C9H19NO2/c1-4-5-8(11)6-10-9(12)7(2)3/h7-8,11H,4-6H2,1-3H3,(H,10,12). The van der Waals surface area contributed by atoms with Gasteiger partial charge in [-0.2, -0.15) is 0 Å². The molecule has 0 fully saturated rings. The summed E-state index contributed by atoms with van der Waals surface area (Å²) >= 11 is 0. The van der Waals surface area contributed by atoms with Crippen molar-refractivity contribution in [3.63, 3.8) is 0 Å². The van der Waals surface area contributed by atoms with E-state index in [9.17, 15) is 9.90 Å². The first-order chi connectivity index (χ1) is 5.57. The van der Waals surface area contributed by atoms with E-state index in [0.29, 0.717) is 6.54 Å². The summed E-state index contributed by atoms with van der Waals surface area (Å²) in [6, 6.07) is 0. The van der Waals surface area contributed by atoms with Crippen LogP contribution in [0.3, 0.4) is 0 Å². The molecule has 0 aromatic rings. The summed E-state index contributed by atoms with van der Waals surface area (Å²) in [6.45, 7) is 6.06. The lowest BCUT2D eigenvalue weighted by atomic mass is 10.2. The summed E-state index contributed by atoms with van der Waals surface area (Å²) in [7, 11) is 0. The number of nitrogens with one attached hydrogen (secondary N) is 1. The highest BCUT2D eigenvalue weighted by atomic mass is 16.3. The smallest absolute Gasteiger partial charge is 0.222 e. The quantitative estimate of drug-likeness (QED) is 0.649. The number of carbonyl (C=O) groups excluding carboxylic acids is 1. The number of hydrogen-bond donors (Lipinski definition) is 2. The van der Waals surface area contributed by atoms with Crippen LogP contribution in [0.15, 0.2) is 0 Å². The first-order valence-electron chi connectivity index (χ1n) is 4.53. The third kappa shape index (κ3) is 5.13. The van der Waals surface area contributed by atoms with Gasteiger partial charge in [0, 0.05) is 12.5 Å². The summed E-state index contributed by atoms with van der Waals surface area (Å²) in [5.41, 5.74) is 0. The van der Waals surface area contributed by atoms with Crippen LogP contribution in [0, 0.1) is 5.92 Å². The van der Waals surface area contributed by atoms with Crippen LogP contribution in [0.1, 0.15) is 33.6 Å². The van der Waals surface area contributed by atoms with Crippen LogP contribution in [-0.2, 0) is 4.79 Å². The maximum Gasteiger partial charge on any atom is 0.222 e. The molecule has 0 aliphatic rings. The molecule has 12 heavy (non-hydrogen) atoms. The molecule has 0 bridgehead atoms. The second kappa shape index (κ2) is 6.00. The van der Waals surface area contributed by atoms with E-state index in [4.69, 9.17) is 0 Å². The van der Waals surface area contributed by atoms with Gasteiger partial charge in [-0.05, 0) is 6.42 Å². The van der Waals surface area contributed by atoms with Gasteiger partial charge in [-0.1, -0.05) is 27.2 Å². The van der Waals surface area contributed by atoms with Gasteiger partial charge in [0.25, 0.3) is 0 Å². The Morgan fingerprint density at radius 1 is 1.50 bits per heavy atom. The molecular formula is C9H19NO2. The molecule has 0 aromatic carbocycles. The lowest BCUT2D eigenvalue weighted by Crippen LogP contribution is -2.34. The van der Waals surface area contributed by atoms with E-state index in [1.54, 1.807) is 0 Å². The van der Waals surface area contributed by atoms with Crippen LogP contribution in [0.4, 0.5) is 0 Å². The van der Waals surface area contributed by atoms with E-state index >= 15 is 0 Å². The Morgan fingerprint density at radius 2 is 2.08 bits per heavy atom. The zero-order chi connectivity index (χ0) is 9.56. The monoisotopic (exact) mass is 173 g/mol. The highest BCUT2D eigenvalue weighted by molar-refractivity contribution is 5.77. The lowest BCUT2D eigenvalue weighted by molar-refractivity contribution is -0.124. The molecule has 0 saturated heterocycles. The Morgan fingerprint density at radius 3 is 2.50 bits per heavy atom. The zero-order valence-corrected chi connectivity index (χ0v) is 8.13. The molecule has 0 heterocycles. The van der Waals surface area contributed by atoms with E-state index in [1.165, 1.54) is 0 Å². The molecular weight excluding hydrogens is 154 g/mol. The fourth-order valence-corrected chi connectivity index (χ4v) is 0.858. The predicted molar refractivity (Wildman–Crippen MR) is 48.8 cm³/mol. The second-order valence-corrected chi connectivity index (χ2v) is 3.34. The fraction of sp³-hybridized carbons (Fsp3) is 0.889. The van der Waals surface area contributed by atoms with Gasteiger partial charge in [-0.3, -0.25) is 4.79 Å². The number of aliphatic hydroxyl groups is 1. The molecule has 0 saturated carbocycles. The lowest BCUT2D eigenvalue weighted by Gasteiger charge is -2.11. The van der Waals surface area contributed by atoms with Gasteiger partial charge in [0.15, 0.2) is 0 Å². The third-order valence-electron chi connectivity index (χ3n) is 1.66. The van der Waals surface area contributed by atoms with Crippen molar-refractivity contribution in [2.24, 2.45) is 5.92 Å². The molecule has 0 spiro atoms. The largest absolute Gasteiger partial charge is 0.391 e. The molecule has 1 atom stereocenters. The summed E-state index contributed by atoms with van der Waals surface area (Å²) in [6.07, 6.45) is 1.30. The van der Waals surface area contributed by atoms with E-state index in [2.05, 4.69) is 5.32 Å². The number of carbonyl (C=O) groups is 1. The van der Waals surface area contributed by atoms with Gasteiger partial charge in [0.2, 0.25) is 5.91 Å². The Balaban J connectivity index is 3.47. The van der Waals surface area contributed by atoms with Gasteiger partial charge in [-0.15, -0.1) is 0 Å². The van der Waals surface area contributed by atoms with Crippen molar-refractivity contribution >= 4 is 5.91 Å². The zero-order valence-electron chi connectivity index (χ0n) is 8.13. The summed E-state index contributed by atoms with van der Waals surface area (Å²) in [5, 5.41) is 11.9. The predicted octanol–water partition coefficient (Wildman–Crippen LogP) is 0.920. The molecule has 2 N–H and O–H groups in total. The average Bonchev–Trinajstić information content (AvgIpc) is 2.00. The maximum absolute atomic E-state index is 11.0. The minimum atomic E-state index is -0.391. The van der Waals surface area contributed by atoms with E-state index in [-0.39, 0.29) is 11.8 Å². The van der Waals surface area contributed by atoms with Crippen molar-refractivity contribution < 1.29 is 9.90 Å². The summed E-state index contributed by atoms with van der Waals surface area (Å²) in [4.78, 5) is 11.0. The van der Waals surface area contributed by atoms with Gasteiger partial charge in [0.05, 0.1) is 6.10 Å². The minimum absolute atomic E-state index is 0.00109. The van der Waals surface area contributed by atoms with Crippen LogP contribution >= 0.6 is 0 Å². The van der Waals surface area contributed by atoms with Crippen molar-refractivity contribution in [2.45, 2.75) is 39.7 Å². The van der Waals surface area contributed by atoms with Gasteiger partial charge < -0.3 is 10.4 Å². The summed E-state index contributed by atoms with van der Waals surface area (Å²) in [5.74, 6) is 0.00368. The Hall–Kier alpha value is -0.570. The molecule has 3 nitrogen and oxygen atoms in total. The molecule has 1 amide bonds. The van der Waals surface area contributed by atoms with Crippen molar-refractivity contribution in [3.05, 3.63) is 0 Å². The van der Waals surface area contributed by atoms with Gasteiger partial charge in [0.1, 0.15) is 0 Å². The van der Waals surface area contributed by atoms with Crippen LogP contribution in [0.25, 0.3) is 0 Å². The summed E-state index contributed by atoms with van der Waals surface area (Å²) < 4.78 is 0. The third-order valence-corrected chi connectivity index (χ3v) is 1.66. The Labute approximate surface area is 74.2 Å². The topological polar surface area (TPSA) is 49.3 Å². The highest BCUT2D eigenvalue weighted by Crippen LogP contribution is 1.95. The van der Waals surface area contributed by atoms with E-state index in [1.807, 2.05) is 20.8 Å². The molecule has 0 aliphatic carbocycles.